The third-order valence-corrected chi connectivity index (χ3v) is 4.72. The van der Waals surface area contributed by atoms with Gasteiger partial charge >= 0.3 is 0 Å². The molecule has 1 aliphatic carbocycles. The number of rotatable bonds is 5. The Balaban J connectivity index is 1.44. The van der Waals surface area contributed by atoms with Crippen molar-refractivity contribution in [3.8, 4) is 0 Å². The minimum Gasteiger partial charge on any atom is -0.303 e. The molecule has 1 saturated carbocycles. The minimum atomic E-state index is 0.682. The van der Waals surface area contributed by atoms with Crippen molar-refractivity contribution in [1.29, 1.82) is 0 Å². The Kier molecular flexibility index (Phi) is 4.54. The van der Waals surface area contributed by atoms with Gasteiger partial charge in [-0.25, -0.2) is 0 Å². The Labute approximate surface area is 117 Å². The molecule has 0 N–H and O–H groups in total. The lowest BCUT2D eigenvalue weighted by Gasteiger charge is -2.21. The molecule has 2 heterocycles. The standard InChI is InChI=1S/C16H27N3/c1-2-8-16(9-3-1)19-14-10-15(17-19)7-6-13-18-11-4-5-12-18/h10,14,16H,1-9,11-13H2. The molecular formula is C16H27N3. The summed E-state index contributed by atoms with van der Waals surface area (Å²) >= 11 is 0. The summed E-state index contributed by atoms with van der Waals surface area (Å²) in [4.78, 5) is 2.60. The molecule has 1 aromatic rings. The van der Waals surface area contributed by atoms with Crippen molar-refractivity contribution in [2.24, 2.45) is 0 Å². The molecule has 1 saturated heterocycles. The summed E-state index contributed by atoms with van der Waals surface area (Å²) in [5, 5.41) is 4.80. The first-order chi connectivity index (χ1) is 9.42. The van der Waals surface area contributed by atoms with Gasteiger partial charge in [-0.1, -0.05) is 19.3 Å². The van der Waals surface area contributed by atoms with Crippen molar-refractivity contribution in [2.75, 3.05) is 19.6 Å². The first-order valence-electron chi connectivity index (χ1n) is 8.18. The van der Waals surface area contributed by atoms with Gasteiger partial charge in [-0.15, -0.1) is 0 Å². The second-order valence-corrected chi connectivity index (χ2v) is 6.23. The zero-order valence-electron chi connectivity index (χ0n) is 12.1. The van der Waals surface area contributed by atoms with Gasteiger partial charge in [-0.05, 0) is 64.2 Å². The van der Waals surface area contributed by atoms with E-state index in [1.807, 2.05) is 0 Å². The fourth-order valence-electron chi connectivity index (χ4n) is 3.55. The summed E-state index contributed by atoms with van der Waals surface area (Å²) < 4.78 is 2.24. The average Bonchev–Trinajstić information content (AvgIpc) is 3.11. The van der Waals surface area contributed by atoms with Gasteiger partial charge in [-0.2, -0.15) is 5.10 Å². The fourth-order valence-corrected chi connectivity index (χ4v) is 3.55. The van der Waals surface area contributed by atoms with E-state index in [-0.39, 0.29) is 0 Å². The Morgan fingerprint density at radius 3 is 2.63 bits per heavy atom. The average molecular weight is 261 g/mol. The van der Waals surface area contributed by atoms with E-state index in [4.69, 9.17) is 5.10 Å². The molecule has 2 aliphatic rings. The highest BCUT2D eigenvalue weighted by atomic mass is 15.3. The molecule has 106 valence electrons. The molecule has 1 aromatic heterocycles. The van der Waals surface area contributed by atoms with E-state index < -0.39 is 0 Å². The summed E-state index contributed by atoms with van der Waals surface area (Å²) in [7, 11) is 0. The van der Waals surface area contributed by atoms with Crippen LogP contribution in [0.1, 0.15) is 63.1 Å². The third kappa shape index (κ3) is 3.59. The van der Waals surface area contributed by atoms with E-state index in [1.54, 1.807) is 0 Å². The molecule has 0 unspecified atom stereocenters. The normalized spacial score (nSPS) is 22.1. The molecule has 2 fully saturated rings. The second kappa shape index (κ2) is 6.56. The van der Waals surface area contributed by atoms with Crippen molar-refractivity contribution in [1.82, 2.24) is 14.7 Å². The van der Waals surface area contributed by atoms with Crippen molar-refractivity contribution in [3.63, 3.8) is 0 Å². The maximum Gasteiger partial charge on any atom is 0.0625 e. The molecule has 3 nitrogen and oxygen atoms in total. The molecule has 0 spiro atoms. The van der Waals surface area contributed by atoms with Gasteiger partial charge in [0.25, 0.3) is 0 Å². The number of nitrogens with zero attached hydrogens (tertiary/aromatic N) is 3. The van der Waals surface area contributed by atoms with Gasteiger partial charge < -0.3 is 4.90 Å². The molecule has 0 amide bonds. The summed E-state index contributed by atoms with van der Waals surface area (Å²) in [5.74, 6) is 0. The van der Waals surface area contributed by atoms with Gasteiger partial charge in [0.2, 0.25) is 0 Å². The minimum absolute atomic E-state index is 0.682. The van der Waals surface area contributed by atoms with Crippen molar-refractivity contribution in [2.45, 2.75) is 63.8 Å². The van der Waals surface area contributed by atoms with E-state index in [1.165, 1.54) is 76.7 Å². The molecule has 1 aliphatic heterocycles. The Morgan fingerprint density at radius 1 is 1.05 bits per heavy atom. The van der Waals surface area contributed by atoms with Crippen LogP contribution in [-0.4, -0.2) is 34.3 Å². The number of hydrogen-bond acceptors (Lipinski definition) is 2. The molecule has 0 atom stereocenters. The zero-order valence-corrected chi connectivity index (χ0v) is 12.1. The van der Waals surface area contributed by atoms with E-state index in [0.717, 1.165) is 6.42 Å². The van der Waals surface area contributed by atoms with Gasteiger partial charge in [0, 0.05) is 6.20 Å². The van der Waals surface area contributed by atoms with Crippen LogP contribution < -0.4 is 0 Å². The van der Waals surface area contributed by atoms with Crippen LogP contribution in [0.15, 0.2) is 12.3 Å². The lowest BCUT2D eigenvalue weighted by Crippen LogP contribution is -2.20. The predicted octanol–water partition coefficient (Wildman–Crippen LogP) is 3.42. The smallest absolute Gasteiger partial charge is 0.0625 e. The maximum absolute atomic E-state index is 4.80. The first kappa shape index (κ1) is 13.2. The van der Waals surface area contributed by atoms with E-state index in [2.05, 4.69) is 21.8 Å². The van der Waals surface area contributed by atoms with E-state index in [0.29, 0.717) is 6.04 Å². The molecular weight excluding hydrogens is 234 g/mol. The van der Waals surface area contributed by atoms with Crippen LogP contribution in [0.5, 0.6) is 0 Å². The molecule has 0 bridgehead atoms. The monoisotopic (exact) mass is 261 g/mol. The number of aryl methyl sites for hydroxylation is 1. The van der Waals surface area contributed by atoms with Gasteiger partial charge in [0.15, 0.2) is 0 Å². The highest BCUT2D eigenvalue weighted by Crippen LogP contribution is 2.27. The van der Waals surface area contributed by atoms with Crippen molar-refractivity contribution < 1.29 is 0 Å². The van der Waals surface area contributed by atoms with Crippen LogP contribution in [0, 0.1) is 0 Å². The Morgan fingerprint density at radius 2 is 1.84 bits per heavy atom. The topological polar surface area (TPSA) is 21.1 Å². The molecule has 19 heavy (non-hydrogen) atoms. The Hall–Kier alpha value is -0.830. The lowest BCUT2D eigenvalue weighted by molar-refractivity contribution is 0.324. The maximum atomic E-state index is 4.80. The summed E-state index contributed by atoms with van der Waals surface area (Å²) in [6.45, 7) is 3.89. The van der Waals surface area contributed by atoms with Crippen LogP contribution in [-0.2, 0) is 6.42 Å². The molecule has 0 radical (unpaired) electrons. The predicted molar refractivity (Wildman–Crippen MR) is 78.3 cm³/mol. The van der Waals surface area contributed by atoms with Gasteiger partial charge in [0.05, 0.1) is 11.7 Å². The number of hydrogen-bond donors (Lipinski definition) is 0. The zero-order chi connectivity index (χ0) is 12.9. The largest absolute Gasteiger partial charge is 0.303 e. The van der Waals surface area contributed by atoms with Gasteiger partial charge in [0.1, 0.15) is 0 Å². The molecule has 0 aromatic carbocycles. The summed E-state index contributed by atoms with van der Waals surface area (Å²) in [6, 6.07) is 2.92. The van der Waals surface area contributed by atoms with Crippen LogP contribution in [0.3, 0.4) is 0 Å². The van der Waals surface area contributed by atoms with Gasteiger partial charge in [-0.3, -0.25) is 4.68 Å². The van der Waals surface area contributed by atoms with Crippen molar-refractivity contribution in [3.05, 3.63) is 18.0 Å². The number of aromatic nitrogens is 2. The van der Waals surface area contributed by atoms with Crippen molar-refractivity contribution >= 4 is 0 Å². The van der Waals surface area contributed by atoms with E-state index >= 15 is 0 Å². The first-order valence-corrected chi connectivity index (χ1v) is 8.18. The number of likely N-dealkylation sites (tertiary alicyclic amines) is 1. The quantitative estimate of drug-likeness (QED) is 0.810. The summed E-state index contributed by atoms with van der Waals surface area (Å²) in [6.07, 6.45) is 14.3. The second-order valence-electron chi connectivity index (χ2n) is 6.23. The summed E-state index contributed by atoms with van der Waals surface area (Å²) in [5.41, 5.74) is 1.30. The fraction of sp³-hybridized carbons (Fsp3) is 0.812. The third-order valence-electron chi connectivity index (χ3n) is 4.72. The molecule has 3 rings (SSSR count). The lowest BCUT2D eigenvalue weighted by atomic mass is 9.96. The highest BCUT2D eigenvalue weighted by molar-refractivity contribution is 5.00. The van der Waals surface area contributed by atoms with Crippen LogP contribution in [0.2, 0.25) is 0 Å². The van der Waals surface area contributed by atoms with Crippen LogP contribution >= 0.6 is 0 Å². The van der Waals surface area contributed by atoms with Crippen LogP contribution in [0.4, 0.5) is 0 Å². The highest BCUT2D eigenvalue weighted by Gasteiger charge is 2.16. The van der Waals surface area contributed by atoms with Crippen LogP contribution in [0.25, 0.3) is 0 Å². The SMILES string of the molecule is c1cn(C2CCCCC2)nc1CCCN1CCCC1. The Bertz CT molecular complexity index is 373. The van der Waals surface area contributed by atoms with E-state index in [9.17, 15) is 0 Å². The molecule has 3 heteroatoms.